The van der Waals surface area contributed by atoms with Crippen LogP contribution in [0.3, 0.4) is 0 Å². The molecule has 2 rings (SSSR count). The molecule has 1 aromatic heterocycles. The maximum Gasteiger partial charge on any atom is 0.107 e. The smallest absolute Gasteiger partial charge is 0.107 e. The summed E-state index contributed by atoms with van der Waals surface area (Å²) in [7, 11) is 4.32. The lowest BCUT2D eigenvalue weighted by atomic mass is 10.2. The second-order valence-corrected chi connectivity index (χ2v) is 6.48. The van der Waals surface area contributed by atoms with Gasteiger partial charge in [0.25, 0.3) is 0 Å². The number of thiazole rings is 1. The summed E-state index contributed by atoms with van der Waals surface area (Å²) < 4.78 is 0. The number of aromatic nitrogens is 1. The van der Waals surface area contributed by atoms with E-state index in [-0.39, 0.29) is 0 Å². The molecule has 1 aliphatic heterocycles. The van der Waals surface area contributed by atoms with Gasteiger partial charge in [-0.15, -0.1) is 11.3 Å². The van der Waals surface area contributed by atoms with Crippen LogP contribution in [0.15, 0.2) is 5.38 Å². The van der Waals surface area contributed by atoms with Crippen molar-refractivity contribution in [3.63, 3.8) is 0 Å². The van der Waals surface area contributed by atoms with Gasteiger partial charge in [0, 0.05) is 31.1 Å². The average Bonchev–Trinajstić information content (AvgIpc) is 2.97. The molecule has 4 nitrogen and oxygen atoms in total. The van der Waals surface area contributed by atoms with Crippen molar-refractivity contribution < 1.29 is 0 Å². The third-order valence-electron chi connectivity index (χ3n) is 3.57. The summed E-state index contributed by atoms with van der Waals surface area (Å²) in [5.41, 5.74) is 1.24. The van der Waals surface area contributed by atoms with Gasteiger partial charge in [0.05, 0.1) is 5.69 Å². The van der Waals surface area contributed by atoms with Crippen LogP contribution in [0.1, 0.15) is 30.5 Å². The minimum absolute atomic E-state index is 0.703. The van der Waals surface area contributed by atoms with E-state index >= 15 is 0 Å². The molecule has 0 aromatic carbocycles. The fraction of sp³-hybridized carbons (Fsp3) is 0.786. The molecule has 1 N–H and O–H groups in total. The van der Waals surface area contributed by atoms with Crippen LogP contribution in [0, 0.1) is 0 Å². The largest absolute Gasteiger partial charge is 0.311 e. The summed E-state index contributed by atoms with van der Waals surface area (Å²) in [5, 5.41) is 6.76. The Morgan fingerprint density at radius 3 is 3.11 bits per heavy atom. The topological polar surface area (TPSA) is 31.4 Å². The van der Waals surface area contributed by atoms with E-state index in [1.165, 1.54) is 30.1 Å². The lowest BCUT2D eigenvalue weighted by Crippen LogP contribution is -2.37. The second kappa shape index (κ2) is 7.33. The third kappa shape index (κ3) is 4.53. The van der Waals surface area contributed by atoms with E-state index in [1.807, 2.05) is 0 Å². The zero-order valence-corrected chi connectivity index (χ0v) is 13.2. The monoisotopic (exact) mass is 282 g/mol. The fourth-order valence-corrected chi connectivity index (χ4v) is 3.43. The minimum Gasteiger partial charge on any atom is -0.311 e. The Balaban J connectivity index is 1.87. The van der Waals surface area contributed by atoms with Gasteiger partial charge in [-0.25, -0.2) is 4.98 Å². The van der Waals surface area contributed by atoms with Gasteiger partial charge in [0.2, 0.25) is 0 Å². The molecule has 2 heterocycles. The van der Waals surface area contributed by atoms with E-state index in [0.29, 0.717) is 6.04 Å². The Morgan fingerprint density at radius 1 is 1.53 bits per heavy atom. The molecule has 108 valence electrons. The van der Waals surface area contributed by atoms with Gasteiger partial charge in [-0.1, -0.05) is 6.92 Å². The van der Waals surface area contributed by atoms with Gasteiger partial charge in [0.15, 0.2) is 0 Å². The molecule has 1 fully saturated rings. The predicted molar refractivity (Wildman–Crippen MR) is 81.5 cm³/mol. The first-order chi connectivity index (χ1) is 9.19. The van der Waals surface area contributed by atoms with Crippen LogP contribution in [0.2, 0.25) is 0 Å². The molecule has 1 aliphatic rings. The molecule has 19 heavy (non-hydrogen) atoms. The van der Waals surface area contributed by atoms with Gasteiger partial charge in [-0.2, -0.15) is 0 Å². The Labute approximate surface area is 120 Å². The number of nitrogens with one attached hydrogen (secondary N) is 1. The summed E-state index contributed by atoms with van der Waals surface area (Å²) in [6.07, 6.45) is 2.65. The van der Waals surface area contributed by atoms with Crippen LogP contribution in [0.5, 0.6) is 0 Å². The highest BCUT2D eigenvalue weighted by molar-refractivity contribution is 7.09. The average molecular weight is 282 g/mol. The number of hydrogen-bond donors (Lipinski definition) is 1. The summed E-state index contributed by atoms with van der Waals surface area (Å²) in [6, 6.07) is 0.703. The standard InChI is InChI=1S/C14H26N4S/c1-4-15-8-14-16-12(11-19-14)9-18-7-5-6-13(18)10-17(2)3/h11,13,15H,4-10H2,1-3H3. The molecule has 0 aliphatic carbocycles. The maximum atomic E-state index is 4.73. The number of nitrogens with zero attached hydrogens (tertiary/aromatic N) is 3. The lowest BCUT2D eigenvalue weighted by molar-refractivity contribution is 0.199. The van der Waals surface area contributed by atoms with Crippen molar-refractivity contribution in [2.75, 3.05) is 33.7 Å². The number of likely N-dealkylation sites (tertiary alicyclic amines) is 1. The van der Waals surface area contributed by atoms with E-state index in [4.69, 9.17) is 4.98 Å². The molecular formula is C14H26N4S. The van der Waals surface area contributed by atoms with Gasteiger partial charge in [-0.05, 0) is 40.0 Å². The summed E-state index contributed by atoms with van der Waals surface area (Å²) in [4.78, 5) is 9.61. The molecule has 1 aromatic rings. The first-order valence-electron chi connectivity index (χ1n) is 7.21. The zero-order valence-electron chi connectivity index (χ0n) is 12.4. The van der Waals surface area contributed by atoms with Crippen LogP contribution in [0.4, 0.5) is 0 Å². The zero-order chi connectivity index (χ0) is 13.7. The Hall–Kier alpha value is -0.490. The third-order valence-corrected chi connectivity index (χ3v) is 4.46. The molecule has 5 heteroatoms. The molecule has 1 atom stereocenters. The van der Waals surface area contributed by atoms with Crippen molar-refractivity contribution in [3.8, 4) is 0 Å². The first kappa shape index (κ1) is 14.9. The maximum absolute atomic E-state index is 4.73. The Morgan fingerprint density at radius 2 is 2.37 bits per heavy atom. The summed E-state index contributed by atoms with van der Waals surface area (Å²) in [6.45, 7) is 7.44. The Kier molecular flexibility index (Phi) is 5.76. The van der Waals surface area contributed by atoms with Crippen molar-refractivity contribution in [3.05, 3.63) is 16.1 Å². The van der Waals surface area contributed by atoms with Crippen molar-refractivity contribution >= 4 is 11.3 Å². The fourth-order valence-electron chi connectivity index (χ4n) is 2.67. The summed E-state index contributed by atoms with van der Waals surface area (Å²) >= 11 is 1.78. The van der Waals surface area contributed by atoms with Crippen LogP contribution >= 0.6 is 11.3 Å². The van der Waals surface area contributed by atoms with Crippen LogP contribution in [0.25, 0.3) is 0 Å². The normalized spacial score (nSPS) is 20.5. The van der Waals surface area contributed by atoms with Crippen molar-refractivity contribution in [2.24, 2.45) is 0 Å². The minimum atomic E-state index is 0.703. The molecule has 0 saturated carbocycles. The van der Waals surface area contributed by atoms with E-state index in [9.17, 15) is 0 Å². The van der Waals surface area contributed by atoms with Gasteiger partial charge in [-0.3, -0.25) is 4.90 Å². The molecule has 1 saturated heterocycles. The van der Waals surface area contributed by atoms with E-state index in [0.717, 1.165) is 26.2 Å². The van der Waals surface area contributed by atoms with Crippen molar-refractivity contribution in [1.29, 1.82) is 0 Å². The van der Waals surface area contributed by atoms with E-state index < -0.39 is 0 Å². The predicted octanol–water partition coefficient (Wildman–Crippen LogP) is 1.78. The molecular weight excluding hydrogens is 256 g/mol. The number of rotatable bonds is 7. The molecule has 0 amide bonds. The van der Waals surface area contributed by atoms with Crippen LogP contribution < -0.4 is 5.32 Å². The Bertz CT molecular complexity index is 377. The molecule has 0 radical (unpaired) electrons. The number of hydrogen-bond acceptors (Lipinski definition) is 5. The molecule has 1 unspecified atom stereocenters. The first-order valence-corrected chi connectivity index (χ1v) is 8.09. The highest BCUT2D eigenvalue weighted by Gasteiger charge is 2.25. The highest BCUT2D eigenvalue weighted by Crippen LogP contribution is 2.21. The van der Waals surface area contributed by atoms with Crippen molar-refractivity contribution in [1.82, 2.24) is 20.1 Å². The summed E-state index contributed by atoms with van der Waals surface area (Å²) in [5.74, 6) is 0. The van der Waals surface area contributed by atoms with Gasteiger partial charge >= 0.3 is 0 Å². The van der Waals surface area contributed by atoms with Crippen molar-refractivity contribution in [2.45, 2.75) is 38.9 Å². The quantitative estimate of drug-likeness (QED) is 0.826. The van der Waals surface area contributed by atoms with E-state index in [2.05, 4.69) is 41.5 Å². The van der Waals surface area contributed by atoms with Crippen LogP contribution in [-0.2, 0) is 13.1 Å². The van der Waals surface area contributed by atoms with E-state index in [1.54, 1.807) is 11.3 Å². The number of likely N-dealkylation sites (N-methyl/N-ethyl adjacent to an activating group) is 1. The molecule has 0 spiro atoms. The lowest BCUT2D eigenvalue weighted by Gasteiger charge is -2.26. The van der Waals surface area contributed by atoms with Gasteiger partial charge < -0.3 is 10.2 Å². The highest BCUT2D eigenvalue weighted by atomic mass is 32.1. The SMILES string of the molecule is CCNCc1nc(CN2CCCC2CN(C)C)cs1. The molecule has 0 bridgehead atoms. The second-order valence-electron chi connectivity index (χ2n) is 5.54. The van der Waals surface area contributed by atoms with Crippen LogP contribution in [-0.4, -0.2) is 54.6 Å². The van der Waals surface area contributed by atoms with Gasteiger partial charge in [0.1, 0.15) is 5.01 Å².